The number of carbonyl (C=O) groups is 1. The van der Waals surface area contributed by atoms with Crippen molar-refractivity contribution in [3.05, 3.63) is 51.5 Å². The van der Waals surface area contributed by atoms with Gasteiger partial charge in [0.05, 0.1) is 6.54 Å². The van der Waals surface area contributed by atoms with Gasteiger partial charge in [-0.15, -0.1) is 35.3 Å². The van der Waals surface area contributed by atoms with Gasteiger partial charge in [0, 0.05) is 31.1 Å². The molecule has 11 heteroatoms. The summed E-state index contributed by atoms with van der Waals surface area (Å²) < 4.78 is 37.7. The van der Waals surface area contributed by atoms with Crippen molar-refractivity contribution in [1.82, 2.24) is 20.9 Å². The van der Waals surface area contributed by atoms with Crippen LogP contribution in [0, 0.1) is 0 Å². The Morgan fingerprint density at radius 1 is 1.14 bits per heavy atom. The minimum Gasteiger partial charge on any atom is -0.352 e. The van der Waals surface area contributed by atoms with Crippen LogP contribution in [0.5, 0.6) is 0 Å². The Balaban J connectivity index is 0.00000392. The SMILES string of the molecule is CCNC(=O)c1ccc(CNC(=NC)NCc2nc(C(F)(F)F)cs2)cc1.I. The third kappa shape index (κ3) is 7.26. The average molecular weight is 527 g/mol. The van der Waals surface area contributed by atoms with E-state index in [1.54, 1.807) is 19.2 Å². The van der Waals surface area contributed by atoms with Gasteiger partial charge in [-0.1, -0.05) is 12.1 Å². The van der Waals surface area contributed by atoms with Crippen LogP contribution in [0.25, 0.3) is 0 Å². The maximum atomic E-state index is 12.6. The zero-order chi connectivity index (χ0) is 19.9. The number of halogens is 4. The Hall–Kier alpha value is -1.89. The number of hydrogen-bond acceptors (Lipinski definition) is 4. The van der Waals surface area contributed by atoms with Crippen LogP contribution < -0.4 is 16.0 Å². The number of benzene rings is 1. The van der Waals surface area contributed by atoms with E-state index < -0.39 is 11.9 Å². The molecule has 0 aliphatic heterocycles. The summed E-state index contributed by atoms with van der Waals surface area (Å²) in [5.74, 6) is 0.308. The van der Waals surface area contributed by atoms with Gasteiger partial charge in [0.15, 0.2) is 11.7 Å². The lowest BCUT2D eigenvalue weighted by Gasteiger charge is -2.11. The Labute approximate surface area is 182 Å². The van der Waals surface area contributed by atoms with E-state index in [0.717, 1.165) is 22.3 Å². The topological polar surface area (TPSA) is 78.4 Å². The number of rotatable bonds is 6. The molecule has 0 bridgehead atoms. The van der Waals surface area contributed by atoms with E-state index >= 15 is 0 Å². The number of aromatic nitrogens is 1. The quantitative estimate of drug-likeness (QED) is 0.306. The Kier molecular flexibility index (Phi) is 9.65. The van der Waals surface area contributed by atoms with E-state index in [4.69, 9.17) is 0 Å². The van der Waals surface area contributed by atoms with E-state index in [1.165, 1.54) is 0 Å². The first-order chi connectivity index (χ1) is 12.8. The highest BCUT2D eigenvalue weighted by Gasteiger charge is 2.33. The normalized spacial score (nSPS) is 11.5. The molecule has 0 aliphatic rings. The maximum absolute atomic E-state index is 12.6. The van der Waals surface area contributed by atoms with E-state index in [1.807, 2.05) is 19.1 Å². The smallest absolute Gasteiger partial charge is 0.352 e. The number of guanidine groups is 1. The molecule has 0 atom stereocenters. The molecule has 0 fully saturated rings. The monoisotopic (exact) mass is 527 g/mol. The van der Waals surface area contributed by atoms with Crippen LogP contribution >= 0.6 is 35.3 Å². The lowest BCUT2D eigenvalue weighted by molar-refractivity contribution is -0.140. The molecule has 3 N–H and O–H groups in total. The molecule has 0 unspecified atom stereocenters. The number of nitrogens with one attached hydrogen (secondary N) is 3. The minimum absolute atomic E-state index is 0. The number of amides is 1. The Morgan fingerprint density at radius 3 is 2.32 bits per heavy atom. The molecule has 2 rings (SSSR count). The Morgan fingerprint density at radius 2 is 1.79 bits per heavy atom. The highest BCUT2D eigenvalue weighted by Crippen LogP contribution is 2.29. The van der Waals surface area contributed by atoms with Gasteiger partial charge in [0.1, 0.15) is 5.01 Å². The number of thiazole rings is 1. The van der Waals surface area contributed by atoms with Crippen LogP contribution in [-0.4, -0.2) is 30.4 Å². The summed E-state index contributed by atoms with van der Waals surface area (Å²) in [6.07, 6.45) is -4.44. The largest absolute Gasteiger partial charge is 0.434 e. The molecule has 0 spiro atoms. The van der Waals surface area contributed by atoms with Crippen LogP contribution in [0.4, 0.5) is 13.2 Å². The molecule has 1 aromatic heterocycles. The summed E-state index contributed by atoms with van der Waals surface area (Å²) in [6, 6.07) is 7.10. The summed E-state index contributed by atoms with van der Waals surface area (Å²) in [7, 11) is 1.57. The average Bonchev–Trinajstić information content (AvgIpc) is 3.12. The number of hydrogen-bond donors (Lipinski definition) is 3. The van der Waals surface area contributed by atoms with Crippen LogP contribution in [0.2, 0.25) is 0 Å². The zero-order valence-electron chi connectivity index (χ0n) is 15.3. The third-order valence-electron chi connectivity index (χ3n) is 3.49. The van der Waals surface area contributed by atoms with Crippen molar-refractivity contribution in [3.63, 3.8) is 0 Å². The second-order valence-electron chi connectivity index (χ2n) is 5.46. The van der Waals surface area contributed by atoms with Crippen molar-refractivity contribution in [1.29, 1.82) is 0 Å². The van der Waals surface area contributed by atoms with E-state index in [-0.39, 0.29) is 36.4 Å². The lowest BCUT2D eigenvalue weighted by Crippen LogP contribution is -2.36. The number of carbonyl (C=O) groups excluding carboxylic acids is 1. The fraction of sp³-hybridized carbons (Fsp3) is 0.353. The summed E-state index contributed by atoms with van der Waals surface area (Å²) in [5.41, 5.74) is 0.617. The maximum Gasteiger partial charge on any atom is 0.434 e. The highest BCUT2D eigenvalue weighted by atomic mass is 127. The molecule has 0 saturated carbocycles. The predicted octanol–water partition coefficient (Wildman–Crippen LogP) is 3.39. The van der Waals surface area contributed by atoms with Crippen LogP contribution in [0.1, 0.15) is 33.5 Å². The number of alkyl halides is 3. The summed E-state index contributed by atoms with van der Waals surface area (Å²) in [5, 5.41) is 10.0. The van der Waals surface area contributed by atoms with Crippen molar-refractivity contribution in [2.75, 3.05) is 13.6 Å². The van der Waals surface area contributed by atoms with E-state index in [2.05, 4.69) is 25.9 Å². The van der Waals surface area contributed by atoms with Crippen molar-refractivity contribution in [3.8, 4) is 0 Å². The minimum atomic E-state index is -4.44. The second-order valence-corrected chi connectivity index (χ2v) is 6.40. The summed E-state index contributed by atoms with van der Waals surface area (Å²) >= 11 is 0.937. The summed E-state index contributed by atoms with van der Waals surface area (Å²) in [4.78, 5) is 19.3. The Bertz CT molecular complexity index is 793. The lowest BCUT2D eigenvalue weighted by atomic mass is 10.1. The molecular weight excluding hydrogens is 506 g/mol. The molecule has 28 heavy (non-hydrogen) atoms. The molecule has 6 nitrogen and oxygen atoms in total. The number of nitrogens with zero attached hydrogens (tertiary/aromatic N) is 2. The molecule has 154 valence electrons. The summed E-state index contributed by atoms with van der Waals surface area (Å²) in [6.45, 7) is 3.00. The van der Waals surface area contributed by atoms with Crippen molar-refractivity contribution in [2.24, 2.45) is 4.99 Å². The molecule has 0 aliphatic carbocycles. The van der Waals surface area contributed by atoms with Gasteiger partial charge in [-0.2, -0.15) is 13.2 Å². The molecule has 1 heterocycles. The third-order valence-corrected chi connectivity index (χ3v) is 4.34. The number of aliphatic imine (C=N–C) groups is 1. The molecule has 0 radical (unpaired) electrons. The van der Waals surface area contributed by atoms with Crippen molar-refractivity contribution in [2.45, 2.75) is 26.2 Å². The highest BCUT2D eigenvalue weighted by molar-refractivity contribution is 14.0. The van der Waals surface area contributed by atoms with Gasteiger partial charge >= 0.3 is 6.18 Å². The first-order valence-electron chi connectivity index (χ1n) is 8.16. The van der Waals surface area contributed by atoms with Gasteiger partial charge in [-0.3, -0.25) is 9.79 Å². The van der Waals surface area contributed by atoms with Crippen molar-refractivity contribution >= 4 is 47.2 Å². The first kappa shape index (κ1) is 24.1. The molecule has 1 amide bonds. The van der Waals surface area contributed by atoms with Gasteiger partial charge in [-0.05, 0) is 24.6 Å². The zero-order valence-corrected chi connectivity index (χ0v) is 18.4. The van der Waals surface area contributed by atoms with Crippen molar-refractivity contribution < 1.29 is 18.0 Å². The van der Waals surface area contributed by atoms with E-state index in [0.29, 0.717) is 29.6 Å². The molecule has 2 aromatic rings. The van der Waals surface area contributed by atoms with Gasteiger partial charge < -0.3 is 16.0 Å². The van der Waals surface area contributed by atoms with Crippen LogP contribution in [0.3, 0.4) is 0 Å². The van der Waals surface area contributed by atoms with Gasteiger partial charge in [0.25, 0.3) is 5.91 Å². The van der Waals surface area contributed by atoms with Crippen LogP contribution in [-0.2, 0) is 19.3 Å². The first-order valence-corrected chi connectivity index (χ1v) is 9.04. The fourth-order valence-corrected chi connectivity index (χ4v) is 2.87. The van der Waals surface area contributed by atoms with Gasteiger partial charge in [0.2, 0.25) is 0 Å². The standard InChI is InChI=1S/C17H20F3N5OS.HI/c1-3-22-15(26)12-6-4-11(5-7-12)8-23-16(21-2)24-9-14-25-13(10-27-14)17(18,19)20;/h4-7,10H,3,8-9H2,1-2H3,(H,22,26)(H2,21,23,24);1H. The molecule has 1 aromatic carbocycles. The molecule has 0 saturated heterocycles. The molecular formula is C17H21F3IN5OS. The fourth-order valence-electron chi connectivity index (χ4n) is 2.12. The predicted molar refractivity (Wildman–Crippen MR) is 114 cm³/mol. The second kappa shape index (κ2) is 11.2. The van der Waals surface area contributed by atoms with E-state index in [9.17, 15) is 18.0 Å². The van der Waals surface area contributed by atoms with Crippen LogP contribution in [0.15, 0.2) is 34.6 Å². The van der Waals surface area contributed by atoms with Gasteiger partial charge in [-0.25, -0.2) is 4.98 Å².